The van der Waals surface area contributed by atoms with Crippen LogP contribution in [0.2, 0.25) is 0 Å². The van der Waals surface area contributed by atoms with E-state index in [9.17, 15) is 9.59 Å². The van der Waals surface area contributed by atoms with E-state index in [1.807, 2.05) is 0 Å². The number of benzene rings is 2. The van der Waals surface area contributed by atoms with Crippen molar-refractivity contribution >= 4 is 34.5 Å². The number of hydrogen-bond donors (Lipinski definition) is 2. The summed E-state index contributed by atoms with van der Waals surface area (Å²) < 4.78 is 2.32. The van der Waals surface area contributed by atoms with Gasteiger partial charge in [-0.15, -0.1) is 6.42 Å². The number of amides is 2. The van der Waals surface area contributed by atoms with Gasteiger partial charge in [0.1, 0.15) is 0 Å². The quantitative estimate of drug-likeness (QED) is 0.416. The summed E-state index contributed by atoms with van der Waals surface area (Å²) >= 11 is 1.70. The van der Waals surface area contributed by atoms with E-state index in [4.69, 9.17) is 6.42 Å². The van der Waals surface area contributed by atoms with Gasteiger partial charge >= 0.3 is 0 Å². The highest BCUT2D eigenvalue weighted by atomic mass is 32.2. The second-order valence-electron chi connectivity index (χ2n) is 8.34. The molecule has 0 aliphatic carbocycles. The van der Waals surface area contributed by atoms with Gasteiger partial charge in [0, 0.05) is 38.1 Å². The summed E-state index contributed by atoms with van der Waals surface area (Å²) in [7, 11) is 0. The monoisotopic (exact) mass is 466 g/mol. The predicted octanol–water partition coefficient (Wildman–Crippen LogP) is 3.20. The van der Waals surface area contributed by atoms with E-state index < -0.39 is 0 Å². The van der Waals surface area contributed by atoms with Gasteiger partial charge in [0.25, 0.3) is 0 Å². The lowest BCUT2D eigenvalue weighted by atomic mass is 9.96. The second kappa shape index (κ2) is 12.6. The molecule has 33 heavy (non-hydrogen) atoms. The Labute approximate surface area is 201 Å². The fraction of sp³-hybridized carbons (Fsp3) is 0.462. The molecule has 2 N–H and O–H groups in total. The van der Waals surface area contributed by atoms with Crippen molar-refractivity contribution in [2.24, 2.45) is 0 Å². The Morgan fingerprint density at radius 3 is 2.61 bits per heavy atom. The summed E-state index contributed by atoms with van der Waals surface area (Å²) in [6, 6.07) is 16.0. The molecular formula is C26H34N4O2S. The zero-order valence-electron chi connectivity index (χ0n) is 19.5. The van der Waals surface area contributed by atoms with E-state index >= 15 is 0 Å². The largest absolute Gasteiger partial charge is 0.347 e. The van der Waals surface area contributed by atoms with Crippen LogP contribution in [0, 0.1) is 12.3 Å². The first-order chi connectivity index (χ1) is 16.0. The van der Waals surface area contributed by atoms with E-state index in [1.165, 1.54) is 16.3 Å². The van der Waals surface area contributed by atoms with Crippen LogP contribution in [-0.2, 0) is 9.59 Å². The van der Waals surface area contributed by atoms with Crippen molar-refractivity contribution in [1.82, 2.24) is 19.8 Å². The fourth-order valence-electron chi connectivity index (χ4n) is 4.49. The molecule has 0 radical (unpaired) electrons. The molecular weight excluding hydrogens is 432 g/mol. The SMILES string of the molecule is C#CCNC(=O)CNC(=O)CCN(SC)C1CCN(C(C)c2cccc3ccccc23)CC1. The maximum atomic E-state index is 12.2. The predicted molar refractivity (Wildman–Crippen MR) is 137 cm³/mol. The van der Waals surface area contributed by atoms with Crippen molar-refractivity contribution in [3.63, 3.8) is 0 Å². The third-order valence-electron chi connectivity index (χ3n) is 6.36. The number of hydrogen-bond acceptors (Lipinski definition) is 5. The number of rotatable bonds is 10. The van der Waals surface area contributed by atoms with Crippen molar-refractivity contribution in [2.75, 3.05) is 39.0 Å². The molecule has 2 aromatic rings. The molecule has 1 saturated heterocycles. The van der Waals surface area contributed by atoms with Crippen molar-refractivity contribution in [3.05, 3.63) is 48.0 Å². The van der Waals surface area contributed by atoms with Gasteiger partial charge in [0.15, 0.2) is 0 Å². The molecule has 1 unspecified atom stereocenters. The van der Waals surface area contributed by atoms with Crippen LogP contribution in [0.15, 0.2) is 42.5 Å². The van der Waals surface area contributed by atoms with Gasteiger partial charge in [-0.2, -0.15) is 0 Å². The maximum Gasteiger partial charge on any atom is 0.240 e. The van der Waals surface area contributed by atoms with Crippen molar-refractivity contribution < 1.29 is 9.59 Å². The number of piperidine rings is 1. The third-order valence-corrected chi connectivity index (χ3v) is 7.30. The van der Waals surface area contributed by atoms with Gasteiger partial charge in [-0.05, 0) is 42.4 Å². The van der Waals surface area contributed by atoms with E-state index in [2.05, 4.69) is 81.4 Å². The zero-order chi connectivity index (χ0) is 23.6. The normalized spacial score (nSPS) is 15.8. The molecule has 6 nitrogen and oxygen atoms in total. The molecule has 0 aromatic heterocycles. The molecule has 176 valence electrons. The van der Waals surface area contributed by atoms with Crippen molar-refractivity contribution in [1.29, 1.82) is 0 Å². The van der Waals surface area contributed by atoms with Gasteiger partial charge in [-0.1, -0.05) is 60.3 Å². The standard InChI is InChI=1S/C26H34N4O2S/c1-4-15-27-26(32)19-28-25(31)14-18-30(33-3)22-12-16-29(17-13-22)20(2)23-11-7-9-21-8-5-6-10-24(21)23/h1,5-11,20,22H,12-19H2,2-3H3,(H,27,32)(H,28,31). The van der Waals surface area contributed by atoms with E-state index in [0.29, 0.717) is 25.0 Å². The number of carbonyl (C=O) groups excluding carboxylic acids is 2. The van der Waals surface area contributed by atoms with Gasteiger partial charge in [-0.3, -0.25) is 14.5 Å². The Morgan fingerprint density at radius 1 is 1.15 bits per heavy atom. The number of likely N-dealkylation sites (tertiary alicyclic amines) is 1. The molecule has 1 aliphatic heterocycles. The zero-order valence-corrected chi connectivity index (χ0v) is 20.4. The van der Waals surface area contributed by atoms with Crippen LogP contribution in [0.3, 0.4) is 0 Å². The Bertz CT molecular complexity index is 976. The second-order valence-corrected chi connectivity index (χ2v) is 9.18. The van der Waals surface area contributed by atoms with E-state index in [0.717, 1.165) is 25.9 Å². The van der Waals surface area contributed by atoms with Gasteiger partial charge < -0.3 is 10.6 Å². The number of fused-ring (bicyclic) bond motifs is 1. The lowest BCUT2D eigenvalue weighted by molar-refractivity contribution is -0.126. The van der Waals surface area contributed by atoms with Gasteiger partial charge in [0.05, 0.1) is 13.1 Å². The lowest BCUT2D eigenvalue weighted by Gasteiger charge is -2.40. The highest BCUT2D eigenvalue weighted by molar-refractivity contribution is 7.96. The summed E-state index contributed by atoms with van der Waals surface area (Å²) in [6.45, 7) is 5.18. The minimum Gasteiger partial charge on any atom is -0.347 e. The van der Waals surface area contributed by atoms with Crippen LogP contribution in [-0.4, -0.2) is 66.0 Å². The molecule has 0 saturated carbocycles. The number of carbonyl (C=O) groups is 2. The molecule has 1 fully saturated rings. The van der Waals surface area contributed by atoms with Crippen molar-refractivity contribution in [3.8, 4) is 12.3 Å². The average Bonchev–Trinajstić information content (AvgIpc) is 2.86. The first kappa shape index (κ1) is 25.1. The maximum absolute atomic E-state index is 12.2. The number of terminal acetylenes is 1. The highest BCUT2D eigenvalue weighted by Gasteiger charge is 2.28. The molecule has 1 aliphatic rings. The molecule has 7 heteroatoms. The topological polar surface area (TPSA) is 64.7 Å². The van der Waals surface area contributed by atoms with Crippen LogP contribution in [0.1, 0.15) is 37.8 Å². The molecule has 1 heterocycles. The molecule has 2 amide bonds. The molecule has 3 rings (SSSR count). The Balaban J connectivity index is 1.47. The molecule has 1 atom stereocenters. The summed E-state index contributed by atoms with van der Waals surface area (Å²) in [5.41, 5.74) is 1.39. The molecule has 2 aromatic carbocycles. The average molecular weight is 467 g/mol. The van der Waals surface area contributed by atoms with Crippen LogP contribution >= 0.6 is 11.9 Å². The summed E-state index contributed by atoms with van der Waals surface area (Å²) in [6.07, 6.45) is 9.70. The lowest BCUT2D eigenvalue weighted by Crippen LogP contribution is -2.44. The van der Waals surface area contributed by atoms with Crippen LogP contribution in [0.5, 0.6) is 0 Å². The summed E-state index contributed by atoms with van der Waals surface area (Å²) in [5.74, 6) is 1.95. The van der Waals surface area contributed by atoms with E-state index in [-0.39, 0.29) is 24.9 Å². The third kappa shape index (κ3) is 6.97. The van der Waals surface area contributed by atoms with Crippen molar-refractivity contribution in [2.45, 2.75) is 38.3 Å². The molecule has 0 bridgehead atoms. The Hall–Kier alpha value is -2.53. The first-order valence-electron chi connectivity index (χ1n) is 11.5. The number of nitrogens with one attached hydrogen (secondary N) is 2. The minimum absolute atomic E-state index is 0.0375. The van der Waals surface area contributed by atoms with Crippen LogP contribution < -0.4 is 10.6 Å². The van der Waals surface area contributed by atoms with Gasteiger partial charge in [0.2, 0.25) is 11.8 Å². The number of nitrogens with zero attached hydrogens (tertiary/aromatic N) is 2. The molecule has 0 spiro atoms. The van der Waals surface area contributed by atoms with Crippen LogP contribution in [0.25, 0.3) is 10.8 Å². The van der Waals surface area contributed by atoms with E-state index in [1.54, 1.807) is 11.9 Å². The summed E-state index contributed by atoms with van der Waals surface area (Å²) in [5, 5.41) is 7.83. The highest BCUT2D eigenvalue weighted by Crippen LogP contribution is 2.31. The smallest absolute Gasteiger partial charge is 0.240 e. The fourth-order valence-corrected chi connectivity index (χ4v) is 5.27. The Morgan fingerprint density at radius 2 is 1.88 bits per heavy atom. The van der Waals surface area contributed by atoms with Gasteiger partial charge in [-0.25, -0.2) is 4.31 Å². The minimum atomic E-state index is -0.268. The Kier molecular flexibility index (Phi) is 9.61. The first-order valence-corrected chi connectivity index (χ1v) is 12.7. The van der Waals surface area contributed by atoms with Crippen LogP contribution in [0.4, 0.5) is 0 Å². The summed E-state index contributed by atoms with van der Waals surface area (Å²) in [4.78, 5) is 26.3.